The molecule has 1 heterocycles. The number of benzene rings is 1. The van der Waals surface area contributed by atoms with E-state index in [0.717, 1.165) is 11.3 Å². The standard InChI is InChI=1S/C15H24N2O4S/c1-16(2)22(19,20)11-13-9-17(10-15(13)18)8-12-5-4-6-14(7-12)21-3/h4-7,13,15,18H,8-11H2,1-3H3/t13-,15+/m0/s1. The fraction of sp³-hybridized carbons (Fsp3) is 0.600. The number of rotatable bonds is 6. The van der Waals surface area contributed by atoms with E-state index < -0.39 is 16.1 Å². The van der Waals surface area contributed by atoms with Crippen molar-refractivity contribution < 1.29 is 18.3 Å². The van der Waals surface area contributed by atoms with Crippen LogP contribution in [0.5, 0.6) is 5.75 Å². The molecule has 0 radical (unpaired) electrons. The molecule has 22 heavy (non-hydrogen) atoms. The summed E-state index contributed by atoms with van der Waals surface area (Å²) in [6.45, 7) is 1.74. The number of ether oxygens (including phenoxy) is 1. The van der Waals surface area contributed by atoms with Gasteiger partial charge in [0.1, 0.15) is 5.75 Å². The molecule has 0 amide bonds. The smallest absolute Gasteiger partial charge is 0.214 e. The minimum atomic E-state index is -3.29. The largest absolute Gasteiger partial charge is 0.497 e. The first kappa shape index (κ1) is 17.2. The van der Waals surface area contributed by atoms with Crippen LogP contribution in [0.25, 0.3) is 0 Å². The summed E-state index contributed by atoms with van der Waals surface area (Å²) in [5.41, 5.74) is 1.09. The summed E-state index contributed by atoms with van der Waals surface area (Å²) in [7, 11) is 1.37. The van der Waals surface area contributed by atoms with Gasteiger partial charge in [-0.3, -0.25) is 4.90 Å². The zero-order chi connectivity index (χ0) is 16.3. The number of hydrogen-bond donors (Lipinski definition) is 1. The highest BCUT2D eigenvalue weighted by molar-refractivity contribution is 7.89. The van der Waals surface area contributed by atoms with Gasteiger partial charge in [0.05, 0.1) is 19.0 Å². The van der Waals surface area contributed by atoms with E-state index >= 15 is 0 Å². The molecule has 1 fully saturated rings. The van der Waals surface area contributed by atoms with Gasteiger partial charge < -0.3 is 9.84 Å². The Morgan fingerprint density at radius 1 is 1.36 bits per heavy atom. The number of nitrogens with zero attached hydrogens (tertiary/aromatic N) is 2. The Labute approximate surface area is 132 Å². The van der Waals surface area contributed by atoms with Crippen molar-refractivity contribution in [3.8, 4) is 5.75 Å². The van der Waals surface area contributed by atoms with Gasteiger partial charge in [0.25, 0.3) is 0 Å². The van der Waals surface area contributed by atoms with E-state index in [2.05, 4.69) is 4.90 Å². The molecule has 6 nitrogen and oxygen atoms in total. The van der Waals surface area contributed by atoms with E-state index in [4.69, 9.17) is 4.74 Å². The van der Waals surface area contributed by atoms with Crippen LogP contribution in [0.3, 0.4) is 0 Å². The maximum Gasteiger partial charge on any atom is 0.214 e. The van der Waals surface area contributed by atoms with Gasteiger partial charge in [-0.1, -0.05) is 12.1 Å². The molecule has 124 valence electrons. The SMILES string of the molecule is COc1cccc(CN2C[C@@H](CS(=O)(=O)N(C)C)[C@H](O)C2)c1. The third-order valence-corrected chi connectivity index (χ3v) is 5.97. The molecule has 0 aromatic heterocycles. The second-order valence-corrected chi connectivity index (χ2v) is 8.16. The summed E-state index contributed by atoms with van der Waals surface area (Å²) in [4.78, 5) is 2.08. The van der Waals surface area contributed by atoms with Crippen LogP contribution in [-0.4, -0.2) is 68.9 Å². The lowest BCUT2D eigenvalue weighted by atomic mass is 10.1. The summed E-state index contributed by atoms with van der Waals surface area (Å²) >= 11 is 0. The van der Waals surface area contributed by atoms with Gasteiger partial charge in [0, 0.05) is 39.6 Å². The molecule has 7 heteroatoms. The first-order chi connectivity index (χ1) is 10.3. The van der Waals surface area contributed by atoms with Crippen LogP contribution in [0, 0.1) is 5.92 Å². The number of aliphatic hydroxyl groups is 1. The van der Waals surface area contributed by atoms with E-state index in [-0.39, 0.29) is 11.7 Å². The summed E-state index contributed by atoms with van der Waals surface area (Å²) in [5, 5.41) is 10.1. The van der Waals surface area contributed by atoms with Crippen LogP contribution >= 0.6 is 0 Å². The molecule has 1 saturated heterocycles. The van der Waals surface area contributed by atoms with Gasteiger partial charge >= 0.3 is 0 Å². The van der Waals surface area contributed by atoms with Crippen LogP contribution in [0.15, 0.2) is 24.3 Å². The van der Waals surface area contributed by atoms with Gasteiger partial charge in [-0.15, -0.1) is 0 Å². The van der Waals surface area contributed by atoms with Crippen LogP contribution < -0.4 is 4.74 Å². The van der Waals surface area contributed by atoms with Crippen molar-refractivity contribution in [2.24, 2.45) is 5.92 Å². The number of hydrogen-bond acceptors (Lipinski definition) is 5. The second-order valence-electron chi connectivity index (χ2n) is 5.93. The van der Waals surface area contributed by atoms with Crippen LogP contribution in [0.2, 0.25) is 0 Å². The highest BCUT2D eigenvalue weighted by atomic mass is 32.2. The predicted octanol–water partition coefficient (Wildman–Crippen LogP) is 0.379. The summed E-state index contributed by atoms with van der Waals surface area (Å²) < 4.78 is 30.3. The highest BCUT2D eigenvalue weighted by Crippen LogP contribution is 2.22. The summed E-state index contributed by atoms with van der Waals surface area (Å²) in [6, 6.07) is 7.76. The molecule has 1 aliphatic heterocycles. The van der Waals surface area contributed by atoms with Gasteiger partial charge in [0.2, 0.25) is 10.0 Å². The molecule has 0 aliphatic carbocycles. The molecule has 0 unspecified atom stereocenters. The predicted molar refractivity (Wildman–Crippen MR) is 85.2 cm³/mol. The number of methoxy groups -OCH3 is 1. The Morgan fingerprint density at radius 3 is 2.73 bits per heavy atom. The zero-order valence-electron chi connectivity index (χ0n) is 13.3. The van der Waals surface area contributed by atoms with Gasteiger partial charge in [-0.2, -0.15) is 0 Å². The van der Waals surface area contributed by atoms with E-state index in [1.165, 1.54) is 18.4 Å². The zero-order valence-corrected chi connectivity index (χ0v) is 14.1. The van der Waals surface area contributed by atoms with Gasteiger partial charge in [-0.05, 0) is 17.7 Å². The van der Waals surface area contributed by atoms with Crippen molar-refractivity contribution in [2.45, 2.75) is 12.6 Å². The van der Waals surface area contributed by atoms with Crippen molar-refractivity contribution in [3.05, 3.63) is 29.8 Å². The fourth-order valence-corrected chi connectivity index (χ4v) is 3.85. The number of aliphatic hydroxyl groups excluding tert-OH is 1. The first-order valence-corrected chi connectivity index (χ1v) is 8.86. The molecule has 2 atom stereocenters. The fourth-order valence-electron chi connectivity index (χ4n) is 2.68. The third kappa shape index (κ3) is 4.19. The molecule has 0 bridgehead atoms. The molecular weight excluding hydrogens is 304 g/mol. The molecule has 1 aromatic carbocycles. The van der Waals surface area contributed by atoms with Crippen molar-refractivity contribution in [1.82, 2.24) is 9.21 Å². The van der Waals surface area contributed by atoms with Crippen molar-refractivity contribution in [1.29, 1.82) is 0 Å². The van der Waals surface area contributed by atoms with E-state index in [9.17, 15) is 13.5 Å². The van der Waals surface area contributed by atoms with Gasteiger partial charge in [-0.25, -0.2) is 12.7 Å². The normalized spacial score (nSPS) is 23.1. The van der Waals surface area contributed by atoms with E-state index in [1.807, 2.05) is 24.3 Å². The summed E-state index contributed by atoms with van der Waals surface area (Å²) in [6.07, 6.45) is -0.611. The molecule has 1 aromatic rings. The minimum absolute atomic E-state index is 0.0181. The lowest BCUT2D eigenvalue weighted by Gasteiger charge is -2.18. The maximum absolute atomic E-state index is 12.0. The molecule has 0 spiro atoms. The van der Waals surface area contributed by atoms with Crippen LogP contribution in [-0.2, 0) is 16.6 Å². The Hall–Kier alpha value is -1.15. The van der Waals surface area contributed by atoms with Crippen molar-refractivity contribution in [2.75, 3.05) is 40.0 Å². The van der Waals surface area contributed by atoms with Crippen molar-refractivity contribution >= 4 is 10.0 Å². The average Bonchev–Trinajstić information content (AvgIpc) is 2.78. The number of sulfonamides is 1. The lowest BCUT2D eigenvalue weighted by molar-refractivity contribution is 0.148. The van der Waals surface area contributed by atoms with Crippen LogP contribution in [0.1, 0.15) is 5.56 Å². The maximum atomic E-state index is 12.0. The Kier molecular flexibility index (Phi) is 5.44. The molecule has 1 aliphatic rings. The number of β-amino-alcohol motifs (C(OH)–C–C–N with tert-alkyl or cyclic N) is 1. The lowest BCUT2D eigenvalue weighted by Crippen LogP contribution is -2.33. The van der Waals surface area contributed by atoms with Crippen LogP contribution in [0.4, 0.5) is 0 Å². The Bertz CT molecular complexity index is 603. The van der Waals surface area contributed by atoms with Crippen molar-refractivity contribution in [3.63, 3.8) is 0 Å². The summed E-state index contributed by atoms with van der Waals surface area (Å²) in [5.74, 6) is 0.525. The second kappa shape index (κ2) is 6.95. The highest BCUT2D eigenvalue weighted by Gasteiger charge is 2.35. The Morgan fingerprint density at radius 2 is 2.09 bits per heavy atom. The molecule has 0 saturated carbocycles. The monoisotopic (exact) mass is 328 g/mol. The Balaban J connectivity index is 1.98. The molecular formula is C15H24N2O4S. The minimum Gasteiger partial charge on any atom is -0.497 e. The number of likely N-dealkylation sites (tertiary alicyclic amines) is 1. The quantitative estimate of drug-likeness (QED) is 0.817. The third-order valence-electron chi connectivity index (χ3n) is 4.00. The topological polar surface area (TPSA) is 70.1 Å². The molecule has 1 N–H and O–H groups in total. The first-order valence-electron chi connectivity index (χ1n) is 7.25. The van der Waals surface area contributed by atoms with Gasteiger partial charge in [0.15, 0.2) is 0 Å². The average molecular weight is 328 g/mol. The van der Waals surface area contributed by atoms with E-state index in [0.29, 0.717) is 19.6 Å². The van der Waals surface area contributed by atoms with E-state index in [1.54, 1.807) is 7.11 Å². The molecule has 2 rings (SSSR count).